The third kappa shape index (κ3) is 3.40. The molecule has 0 spiro atoms. The molecule has 0 atom stereocenters. The summed E-state index contributed by atoms with van der Waals surface area (Å²) in [6, 6.07) is 6.54. The van der Waals surface area contributed by atoms with Crippen molar-refractivity contribution >= 4 is 5.69 Å². The van der Waals surface area contributed by atoms with E-state index >= 15 is 0 Å². The molecule has 0 heterocycles. The number of aryl methyl sites for hydroxylation is 2. The molecule has 1 N–H and O–H groups in total. The molecule has 0 radical (unpaired) electrons. The zero-order chi connectivity index (χ0) is 13.9. The average molecular weight is 257 g/mol. The van der Waals surface area contributed by atoms with Crippen molar-refractivity contribution in [1.29, 1.82) is 0 Å². The van der Waals surface area contributed by atoms with Crippen molar-refractivity contribution in [2.45, 2.75) is 64.8 Å². The van der Waals surface area contributed by atoms with Gasteiger partial charge in [0, 0.05) is 11.2 Å². The second-order valence-electron chi connectivity index (χ2n) is 6.37. The quantitative estimate of drug-likeness (QED) is 0.714. The largest absolute Gasteiger partial charge is 0.379 e. The minimum Gasteiger partial charge on any atom is -0.379 e. The van der Waals surface area contributed by atoms with Crippen LogP contribution in [0.25, 0.3) is 0 Å². The fourth-order valence-electron chi connectivity index (χ4n) is 3.43. The van der Waals surface area contributed by atoms with E-state index in [-0.39, 0.29) is 5.54 Å². The second kappa shape index (κ2) is 5.81. The van der Waals surface area contributed by atoms with Crippen LogP contribution in [0.2, 0.25) is 0 Å². The highest BCUT2D eigenvalue weighted by Crippen LogP contribution is 2.37. The summed E-state index contributed by atoms with van der Waals surface area (Å²) in [6.45, 7) is 10.7. The maximum Gasteiger partial charge on any atom is 0.0410 e. The Hall–Kier alpha value is -1.24. The van der Waals surface area contributed by atoms with Crippen molar-refractivity contribution in [1.82, 2.24) is 0 Å². The Morgan fingerprint density at radius 3 is 2.26 bits per heavy atom. The van der Waals surface area contributed by atoms with Gasteiger partial charge in [0.2, 0.25) is 0 Å². The van der Waals surface area contributed by atoms with Crippen LogP contribution >= 0.6 is 0 Å². The third-order valence-electron chi connectivity index (χ3n) is 4.32. The molecule has 2 rings (SSSR count). The molecule has 104 valence electrons. The second-order valence-corrected chi connectivity index (χ2v) is 6.37. The molecule has 1 fully saturated rings. The smallest absolute Gasteiger partial charge is 0.0410 e. The molecule has 1 aromatic carbocycles. The number of hydrogen-bond donors (Lipinski definition) is 1. The summed E-state index contributed by atoms with van der Waals surface area (Å²) >= 11 is 0. The lowest BCUT2D eigenvalue weighted by Gasteiger charge is -2.40. The van der Waals surface area contributed by atoms with Crippen LogP contribution in [-0.4, -0.2) is 5.54 Å². The zero-order valence-electron chi connectivity index (χ0n) is 12.7. The monoisotopic (exact) mass is 257 g/mol. The molecule has 0 bridgehead atoms. The Morgan fingerprint density at radius 1 is 1.16 bits per heavy atom. The van der Waals surface area contributed by atoms with Gasteiger partial charge in [-0.05, 0) is 51.2 Å². The van der Waals surface area contributed by atoms with Crippen LogP contribution in [0.5, 0.6) is 0 Å². The lowest BCUT2D eigenvalue weighted by atomic mass is 9.77. The predicted molar refractivity (Wildman–Crippen MR) is 84.8 cm³/mol. The van der Waals surface area contributed by atoms with Gasteiger partial charge in [0.1, 0.15) is 0 Å². The molecule has 0 amide bonds. The van der Waals surface area contributed by atoms with Crippen molar-refractivity contribution in [2.75, 3.05) is 5.32 Å². The van der Waals surface area contributed by atoms with Crippen molar-refractivity contribution in [2.24, 2.45) is 0 Å². The van der Waals surface area contributed by atoms with Gasteiger partial charge in [-0.2, -0.15) is 0 Å². The van der Waals surface area contributed by atoms with Crippen LogP contribution in [0.15, 0.2) is 30.4 Å². The summed E-state index contributed by atoms with van der Waals surface area (Å²) in [5.74, 6) is 0. The lowest BCUT2D eigenvalue weighted by molar-refractivity contribution is 0.320. The van der Waals surface area contributed by atoms with Gasteiger partial charge in [0.15, 0.2) is 0 Å². The molecule has 1 nitrogen and oxygen atoms in total. The number of anilines is 1. The van der Waals surface area contributed by atoms with Gasteiger partial charge in [0.05, 0.1) is 0 Å². The highest BCUT2D eigenvalue weighted by Gasteiger charge is 2.32. The summed E-state index contributed by atoms with van der Waals surface area (Å²) in [5, 5.41) is 3.90. The third-order valence-corrected chi connectivity index (χ3v) is 4.32. The first-order chi connectivity index (χ1) is 9.02. The maximum absolute atomic E-state index is 4.14. The van der Waals surface area contributed by atoms with Gasteiger partial charge < -0.3 is 5.32 Å². The number of para-hydroxylation sites is 1. The van der Waals surface area contributed by atoms with Crippen LogP contribution < -0.4 is 5.32 Å². The predicted octanol–water partition coefficient (Wildman–Crippen LogP) is 5.38. The number of rotatable bonds is 4. The Morgan fingerprint density at radius 2 is 1.74 bits per heavy atom. The summed E-state index contributed by atoms with van der Waals surface area (Å²) in [5.41, 5.74) is 5.57. The fourth-order valence-corrected chi connectivity index (χ4v) is 3.43. The normalized spacial score (nSPS) is 18.1. The Bertz CT molecular complexity index is 433. The van der Waals surface area contributed by atoms with Crippen molar-refractivity contribution in [3.63, 3.8) is 0 Å². The first-order valence-electron chi connectivity index (χ1n) is 7.51. The first kappa shape index (κ1) is 14.2. The summed E-state index contributed by atoms with van der Waals surface area (Å²) in [4.78, 5) is 0. The zero-order valence-corrected chi connectivity index (χ0v) is 12.7. The van der Waals surface area contributed by atoms with E-state index in [0.717, 1.165) is 6.42 Å². The molecule has 0 unspecified atom stereocenters. The summed E-state index contributed by atoms with van der Waals surface area (Å²) in [7, 11) is 0. The van der Waals surface area contributed by atoms with E-state index in [0.29, 0.717) is 0 Å². The molecule has 1 heteroatoms. The van der Waals surface area contributed by atoms with E-state index in [9.17, 15) is 0 Å². The summed E-state index contributed by atoms with van der Waals surface area (Å²) < 4.78 is 0. The highest BCUT2D eigenvalue weighted by atomic mass is 15.0. The van der Waals surface area contributed by atoms with Crippen LogP contribution in [0, 0.1) is 13.8 Å². The van der Waals surface area contributed by atoms with Crippen molar-refractivity contribution in [3.8, 4) is 0 Å². The molecular weight excluding hydrogens is 230 g/mol. The molecule has 0 aliphatic heterocycles. The SMILES string of the molecule is C=C(C)CC1(Nc2c(C)cccc2C)CCCCC1. The standard InChI is InChI=1S/C18H27N/c1-14(2)13-18(11-6-5-7-12-18)19-17-15(3)9-8-10-16(17)4/h8-10,19H,1,5-7,11-13H2,2-4H3. The van der Waals surface area contributed by atoms with Crippen molar-refractivity contribution in [3.05, 3.63) is 41.5 Å². The summed E-state index contributed by atoms with van der Waals surface area (Å²) in [6.07, 6.45) is 7.70. The molecule has 1 aliphatic rings. The topological polar surface area (TPSA) is 12.0 Å². The minimum atomic E-state index is 0.237. The van der Waals surface area contributed by atoms with Gasteiger partial charge in [-0.1, -0.05) is 43.0 Å². The van der Waals surface area contributed by atoms with E-state index < -0.39 is 0 Å². The fraction of sp³-hybridized carbons (Fsp3) is 0.556. The Kier molecular flexibility index (Phi) is 4.34. The minimum absolute atomic E-state index is 0.237. The van der Waals surface area contributed by atoms with Crippen LogP contribution in [0.3, 0.4) is 0 Å². The van der Waals surface area contributed by atoms with E-state index in [1.807, 2.05) is 0 Å². The van der Waals surface area contributed by atoms with Gasteiger partial charge in [-0.3, -0.25) is 0 Å². The van der Waals surface area contributed by atoms with Gasteiger partial charge in [0.25, 0.3) is 0 Å². The molecule has 1 aromatic rings. The Balaban J connectivity index is 2.27. The lowest BCUT2D eigenvalue weighted by Crippen LogP contribution is -2.41. The average Bonchev–Trinajstić information content (AvgIpc) is 2.34. The van der Waals surface area contributed by atoms with Gasteiger partial charge >= 0.3 is 0 Å². The van der Waals surface area contributed by atoms with E-state index in [4.69, 9.17) is 0 Å². The van der Waals surface area contributed by atoms with Crippen LogP contribution in [0.1, 0.15) is 56.6 Å². The first-order valence-corrected chi connectivity index (χ1v) is 7.51. The number of nitrogens with one attached hydrogen (secondary N) is 1. The molecule has 0 saturated heterocycles. The number of hydrogen-bond acceptors (Lipinski definition) is 1. The molecule has 1 aliphatic carbocycles. The molecular formula is C18H27N. The number of benzene rings is 1. The highest BCUT2D eigenvalue weighted by molar-refractivity contribution is 5.58. The van der Waals surface area contributed by atoms with E-state index in [1.165, 1.54) is 54.5 Å². The van der Waals surface area contributed by atoms with Gasteiger partial charge in [-0.25, -0.2) is 0 Å². The Labute approximate surface area is 118 Å². The maximum atomic E-state index is 4.14. The van der Waals surface area contributed by atoms with Crippen molar-refractivity contribution < 1.29 is 0 Å². The molecule has 1 saturated carbocycles. The van der Waals surface area contributed by atoms with Crippen LogP contribution in [-0.2, 0) is 0 Å². The van der Waals surface area contributed by atoms with Gasteiger partial charge in [-0.15, -0.1) is 6.58 Å². The molecule has 0 aromatic heterocycles. The molecule has 19 heavy (non-hydrogen) atoms. The van der Waals surface area contributed by atoms with E-state index in [2.05, 4.69) is 50.9 Å². The van der Waals surface area contributed by atoms with Crippen LogP contribution in [0.4, 0.5) is 5.69 Å². The van der Waals surface area contributed by atoms with E-state index in [1.54, 1.807) is 0 Å².